The van der Waals surface area contributed by atoms with Gasteiger partial charge in [-0.2, -0.15) is 17.5 Å². The number of nitrogens with zero attached hydrogens (tertiary/aromatic N) is 4. The largest absolute Gasteiger partial charge is 0.206 e. The van der Waals surface area contributed by atoms with Crippen molar-refractivity contribution in [2.24, 2.45) is 0 Å². The topological polar surface area (TPSA) is 51.6 Å². The summed E-state index contributed by atoms with van der Waals surface area (Å²) >= 11 is 2.30. The molecule has 3 aromatic carbocycles. The maximum Gasteiger partial charge on any atom is 0.136 e. The van der Waals surface area contributed by atoms with Crippen LogP contribution in [-0.2, 0) is 11.8 Å². The van der Waals surface area contributed by atoms with Gasteiger partial charge in [0.05, 0.1) is 23.5 Å². The molecule has 0 fully saturated rings. The molecule has 0 amide bonds. The van der Waals surface area contributed by atoms with E-state index in [-0.39, 0.29) is 11.6 Å². The van der Waals surface area contributed by atoms with Crippen molar-refractivity contribution in [2.45, 2.75) is 167 Å². The van der Waals surface area contributed by atoms with Crippen LogP contribution in [0.4, 0.5) is 8.78 Å². The van der Waals surface area contributed by atoms with E-state index in [4.69, 9.17) is 4.37 Å². The van der Waals surface area contributed by atoms with E-state index < -0.39 is 5.41 Å². The Labute approximate surface area is 317 Å². The van der Waals surface area contributed by atoms with Gasteiger partial charge in [0.1, 0.15) is 33.7 Å². The van der Waals surface area contributed by atoms with Gasteiger partial charge >= 0.3 is 0 Å². The Balaban J connectivity index is 1.21. The second kappa shape index (κ2) is 17.5. The van der Waals surface area contributed by atoms with Crippen molar-refractivity contribution in [3.63, 3.8) is 0 Å². The molecular formula is C44H56F2N4S2. The molecule has 0 spiro atoms. The summed E-state index contributed by atoms with van der Waals surface area (Å²) in [6.07, 6.45) is 26.9. The molecule has 2 heterocycles. The van der Waals surface area contributed by atoms with Gasteiger partial charge in [0.15, 0.2) is 0 Å². The van der Waals surface area contributed by atoms with Crippen LogP contribution < -0.4 is 0 Å². The van der Waals surface area contributed by atoms with Crippen LogP contribution in [0.2, 0.25) is 0 Å². The first-order valence-corrected chi connectivity index (χ1v) is 22.1. The average molecular weight is 743 g/mol. The summed E-state index contributed by atoms with van der Waals surface area (Å²) in [7, 11) is 0. The fourth-order valence-corrected chi connectivity index (χ4v) is 10.6. The monoisotopic (exact) mass is 742 g/mol. The molecule has 0 atom stereocenters. The van der Waals surface area contributed by atoms with E-state index in [1.54, 1.807) is 0 Å². The molecule has 52 heavy (non-hydrogen) atoms. The lowest BCUT2D eigenvalue weighted by molar-refractivity contribution is 0.383. The van der Waals surface area contributed by atoms with Gasteiger partial charge in [-0.05, 0) is 36.1 Å². The molecular weight excluding hydrogens is 687 g/mol. The standard InChI is InChI=1S/C44H56F2N4S2/c1-3-5-7-9-11-13-15-17-19-21-27-44(28-22-20-18-16-14-12-10-8-6-4-2)32-24-26-34-43(50-52-48-34)37(32)38-39(44)41(46)36-31(40(38)45)29-30-23-25-33-42(35(30)36)49-51-47-33/h23-26H,3-22,27-29H2,1-2H3. The molecule has 0 radical (unpaired) electrons. The van der Waals surface area contributed by atoms with Crippen LogP contribution in [0, 0.1) is 11.6 Å². The minimum Gasteiger partial charge on any atom is -0.206 e. The SMILES string of the molecule is CCCCCCCCCCCCC1(CCCCCCCCCCCC)c2ccc3nsnc3c2-c2c(F)c3c(c(F)c21)-c1c(ccc2nsnc12)C3. The minimum absolute atomic E-state index is 0.252. The molecule has 5 aromatic rings. The zero-order valence-electron chi connectivity index (χ0n) is 31.4. The highest BCUT2D eigenvalue weighted by molar-refractivity contribution is 7.00. The second-order valence-electron chi connectivity index (χ2n) is 15.7. The van der Waals surface area contributed by atoms with Crippen LogP contribution in [0.3, 0.4) is 0 Å². The molecule has 2 aliphatic carbocycles. The normalized spacial score (nSPS) is 14.0. The Kier molecular flexibility index (Phi) is 12.6. The van der Waals surface area contributed by atoms with Crippen molar-refractivity contribution in [3.8, 4) is 22.3 Å². The maximum absolute atomic E-state index is 17.9. The van der Waals surface area contributed by atoms with Gasteiger partial charge in [0, 0.05) is 45.2 Å². The van der Waals surface area contributed by atoms with Gasteiger partial charge in [-0.25, -0.2) is 8.78 Å². The summed E-state index contributed by atoms with van der Waals surface area (Å²) in [6.45, 7) is 4.54. The highest BCUT2D eigenvalue weighted by atomic mass is 32.1. The number of unbranched alkanes of at least 4 members (excludes halogenated alkanes) is 18. The molecule has 0 saturated heterocycles. The first-order valence-electron chi connectivity index (χ1n) is 20.7. The summed E-state index contributed by atoms with van der Waals surface area (Å²) in [5.41, 5.74) is 7.72. The second-order valence-corrected chi connectivity index (χ2v) is 16.8. The van der Waals surface area contributed by atoms with E-state index in [9.17, 15) is 0 Å². The predicted octanol–water partition coefficient (Wildman–Crippen LogP) is 14.4. The zero-order chi connectivity index (χ0) is 35.9. The number of halogens is 2. The van der Waals surface area contributed by atoms with Crippen LogP contribution in [0.25, 0.3) is 44.3 Å². The molecule has 278 valence electrons. The Bertz CT molecular complexity index is 1940. The molecule has 0 saturated carbocycles. The number of fused-ring (bicyclic) bond motifs is 10. The zero-order valence-corrected chi connectivity index (χ0v) is 33.1. The summed E-state index contributed by atoms with van der Waals surface area (Å²) in [5.74, 6) is -0.536. The molecule has 7 rings (SSSR count). The van der Waals surface area contributed by atoms with Gasteiger partial charge in [-0.1, -0.05) is 154 Å². The first kappa shape index (κ1) is 37.5. The third kappa shape index (κ3) is 7.32. The fraction of sp³-hybridized carbons (Fsp3) is 0.591. The summed E-state index contributed by atoms with van der Waals surface area (Å²) in [5, 5.41) is 0. The van der Waals surface area contributed by atoms with Crippen molar-refractivity contribution in [2.75, 3.05) is 0 Å². The van der Waals surface area contributed by atoms with Crippen molar-refractivity contribution < 1.29 is 8.78 Å². The number of hydrogen-bond acceptors (Lipinski definition) is 6. The molecule has 0 bridgehead atoms. The van der Waals surface area contributed by atoms with Crippen LogP contribution in [0.1, 0.15) is 177 Å². The van der Waals surface area contributed by atoms with Gasteiger partial charge < -0.3 is 0 Å². The quantitative estimate of drug-likeness (QED) is 0.0650. The van der Waals surface area contributed by atoms with E-state index in [0.717, 1.165) is 101 Å². The summed E-state index contributed by atoms with van der Waals surface area (Å²) in [4.78, 5) is 0. The third-order valence-corrected chi connectivity index (χ3v) is 13.3. The fourth-order valence-electron chi connectivity index (χ4n) is 9.47. The number of hydrogen-bond donors (Lipinski definition) is 0. The molecule has 4 nitrogen and oxygen atoms in total. The molecule has 0 N–H and O–H groups in total. The highest BCUT2D eigenvalue weighted by Crippen LogP contribution is 2.60. The van der Waals surface area contributed by atoms with E-state index in [0.29, 0.717) is 34.2 Å². The van der Waals surface area contributed by atoms with E-state index in [2.05, 4.69) is 33.0 Å². The van der Waals surface area contributed by atoms with Crippen LogP contribution in [0.5, 0.6) is 0 Å². The Morgan fingerprint density at radius 3 is 1.54 bits per heavy atom. The first-order chi connectivity index (χ1) is 25.6. The van der Waals surface area contributed by atoms with Gasteiger partial charge in [0.25, 0.3) is 0 Å². The number of aromatic nitrogens is 4. The molecule has 2 aromatic heterocycles. The molecule has 8 heteroatoms. The van der Waals surface area contributed by atoms with Crippen molar-refractivity contribution >= 4 is 45.5 Å². The lowest BCUT2D eigenvalue weighted by Gasteiger charge is -2.33. The van der Waals surface area contributed by atoms with Crippen molar-refractivity contribution in [1.29, 1.82) is 0 Å². The Morgan fingerprint density at radius 2 is 1.00 bits per heavy atom. The van der Waals surface area contributed by atoms with Gasteiger partial charge in [-0.3, -0.25) is 0 Å². The maximum atomic E-state index is 17.9. The number of rotatable bonds is 22. The number of benzene rings is 3. The lowest BCUT2D eigenvalue weighted by Crippen LogP contribution is -2.27. The minimum atomic E-state index is -0.611. The van der Waals surface area contributed by atoms with Crippen molar-refractivity contribution in [3.05, 3.63) is 58.2 Å². The van der Waals surface area contributed by atoms with E-state index in [1.165, 1.54) is 103 Å². The van der Waals surface area contributed by atoms with Gasteiger partial charge in [0.2, 0.25) is 0 Å². The highest BCUT2D eigenvalue weighted by Gasteiger charge is 2.49. The smallest absolute Gasteiger partial charge is 0.136 e. The van der Waals surface area contributed by atoms with Crippen molar-refractivity contribution in [1.82, 2.24) is 17.5 Å². The average Bonchev–Trinajstić information content (AvgIpc) is 3.95. The van der Waals surface area contributed by atoms with E-state index in [1.807, 2.05) is 18.2 Å². The summed E-state index contributed by atoms with van der Waals surface area (Å²) < 4.78 is 53.7. The van der Waals surface area contributed by atoms with Crippen LogP contribution >= 0.6 is 23.5 Å². The molecule has 0 unspecified atom stereocenters. The third-order valence-electron chi connectivity index (χ3n) is 12.2. The van der Waals surface area contributed by atoms with Crippen LogP contribution in [0.15, 0.2) is 24.3 Å². The van der Waals surface area contributed by atoms with E-state index >= 15 is 8.78 Å². The summed E-state index contributed by atoms with van der Waals surface area (Å²) in [6, 6.07) is 8.11. The molecule has 0 aliphatic heterocycles. The molecule has 2 aliphatic rings. The Morgan fingerprint density at radius 1 is 0.519 bits per heavy atom. The predicted molar refractivity (Wildman–Crippen MR) is 216 cm³/mol. The Hall–Kier alpha value is -2.84. The van der Waals surface area contributed by atoms with Crippen LogP contribution in [-0.4, -0.2) is 17.5 Å². The lowest BCUT2D eigenvalue weighted by atomic mass is 9.69. The van der Waals surface area contributed by atoms with Gasteiger partial charge in [-0.15, -0.1) is 0 Å².